The van der Waals surface area contributed by atoms with Gasteiger partial charge in [-0.15, -0.1) is 0 Å². The molecule has 1 fully saturated rings. The van der Waals surface area contributed by atoms with Gasteiger partial charge in [0.05, 0.1) is 16.3 Å². The lowest BCUT2D eigenvalue weighted by molar-refractivity contribution is -0.396. The van der Waals surface area contributed by atoms with Gasteiger partial charge in [0.25, 0.3) is 11.7 Å². The molecular weight excluding hydrogens is 479 g/mol. The molecule has 0 bridgehead atoms. The van der Waals surface area contributed by atoms with E-state index in [4.69, 9.17) is 9.84 Å². The lowest BCUT2D eigenvalue weighted by Gasteiger charge is -2.44. The number of nitro groups is 2. The van der Waals surface area contributed by atoms with E-state index in [-0.39, 0.29) is 23.5 Å². The van der Waals surface area contributed by atoms with Crippen molar-refractivity contribution in [2.75, 3.05) is 19.7 Å². The first-order valence-corrected chi connectivity index (χ1v) is 11.0. The van der Waals surface area contributed by atoms with Gasteiger partial charge >= 0.3 is 17.3 Å². The van der Waals surface area contributed by atoms with Crippen molar-refractivity contribution in [2.24, 2.45) is 0 Å². The Bertz CT molecular complexity index is 1140. The van der Waals surface area contributed by atoms with Crippen LogP contribution in [0.1, 0.15) is 25.0 Å². The SMILES string of the molecule is C[C@@H]1CN(Cc2ccc(F)cc2)[C@@H](C)CN1C(=O)COc1c([N+](=O)[O-])cc(CC(=O)O)cc1[N+](=O)[O-]. The van der Waals surface area contributed by atoms with Crippen molar-refractivity contribution in [3.8, 4) is 5.75 Å². The first kappa shape index (κ1) is 26.5. The summed E-state index contributed by atoms with van der Waals surface area (Å²) in [5.41, 5.74) is -0.804. The highest BCUT2D eigenvalue weighted by Crippen LogP contribution is 2.38. The van der Waals surface area contributed by atoms with E-state index >= 15 is 0 Å². The van der Waals surface area contributed by atoms with E-state index in [1.807, 2.05) is 13.8 Å². The second kappa shape index (κ2) is 11.1. The summed E-state index contributed by atoms with van der Waals surface area (Å²) in [6.07, 6.45) is -0.654. The molecule has 0 aliphatic carbocycles. The molecule has 1 saturated heterocycles. The van der Waals surface area contributed by atoms with E-state index in [9.17, 15) is 34.2 Å². The number of ether oxygens (including phenoxy) is 1. The minimum absolute atomic E-state index is 0.0609. The summed E-state index contributed by atoms with van der Waals surface area (Å²) < 4.78 is 18.5. The smallest absolute Gasteiger partial charge is 0.318 e. The van der Waals surface area contributed by atoms with Crippen LogP contribution in [0, 0.1) is 26.0 Å². The molecule has 1 aliphatic heterocycles. The highest BCUT2D eigenvalue weighted by atomic mass is 19.1. The summed E-state index contributed by atoms with van der Waals surface area (Å²) in [5, 5.41) is 32.0. The number of hydrogen-bond acceptors (Lipinski definition) is 8. The van der Waals surface area contributed by atoms with Gasteiger partial charge in [-0.05, 0) is 37.1 Å². The number of benzene rings is 2. The Hall–Kier alpha value is -4.13. The Morgan fingerprint density at radius 3 is 2.14 bits per heavy atom. The standard InChI is InChI=1S/C23H25FN4O8/c1-14-11-26(15(2)10-25(14)12-16-3-5-18(24)6-4-16)21(29)13-36-23-19(27(32)33)7-17(9-22(30)31)8-20(23)28(34)35/h3-8,14-15H,9-13H2,1-2H3,(H,30,31)/t14-,15+/m0/s1. The number of carbonyl (C=O) groups excluding carboxylic acids is 1. The quantitative estimate of drug-likeness (QED) is 0.400. The van der Waals surface area contributed by atoms with Crippen LogP contribution in [0.25, 0.3) is 0 Å². The average molecular weight is 504 g/mol. The first-order chi connectivity index (χ1) is 17.0. The number of halogens is 1. The van der Waals surface area contributed by atoms with Crippen LogP contribution in [0.3, 0.4) is 0 Å². The van der Waals surface area contributed by atoms with Crippen molar-refractivity contribution in [2.45, 2.75) is 38.9 Å². The zero-order valence-corrected chi connectivity index (χ0v) is 19.6. The van der Waals surface area contributed by atoms with Crippen molar-refractivity contribution < 1.29 is 33.7 Å². The van der Waals surface area contributed by atoms with Crippen LogP contribution in [0.15, 0.2) is 36.4 Å². The third-order valence-electron chi connectivity index (χ3n) is 5.93. The number of carboxylic acid groups (broad SMARTS) is 1. The predicted molar refractivity (Wildman–Crippen MR) is 124 cm³/mol. The fraction of sp³-hybridized carbons (Fsp3) is 0.391. The van der Waals surface area contributed by atoms with Crippen LogP contribution >= 0.6 is 0 Å². The van der Waals surface area contributed by atoms with Gasteiger partial charge in [0.2, 0.25) is 0 Å². The van der Waals surface area contributed by atoms with E-state index in [0.717, 1.165) is 17.7 Å². The third kappa shape index (κ3) is 6.30. The molecule has 0 aromatic heterocycles. The monoisotopic (exact) mass is 504 g/mol. The molecule has 1 heterocycles. The molecular formula is C23H25FN4O8. The second-order valence-electron chi connectivity index (χ2n) is 8.64. The van der Waals surface area contributed by atoms with Gasteiger partial charge in [0.1, 0.15) is 5.82 Å². The first-order valence-electron chi connectivity index (χ1n) is 11.0. The normalized spacial score (nSPS) is 18.0. The summed E-state index contributed by atoms with van der Waals surface area (Å²) in [5.74, 6) is -2.85. The van der Waals surface area contributed by atoms with Crippen molar-refractivity contribution >= 4 is 23.3 Å². The fourth-order valence-corrected chi connectivity index (χ4v) is 4.16. The topological polar surface area (TPSA) is 156 Å². The molecule has 2 aromatic rings. The zero-order valence-electron chi connectivity index (χ0n) is 19.6. The second-order valence-corrected chi connectivity index (χ2v) is 8.64. The Kier molecular flexibility index (Phi) is 8.14. The maximum atomic E-state index is 13.2. The van der Waals surface area contributed by atoms with Gasteiger partial charge in [-0.3, -0.25) is 34.7 Å². The summed E-state index contributed by atoms with van der Waals surface area (Å²) >= 11 is 0. The highest BCUT2D eigenvalue weighted by Gasteiger charge is 2.34. The summed E-state index contributed by atoms with van der Waals surface area (Å²) in [6, 6.07) is 7.62. The Morgan fingerprint density at radius 1 is 1.03 bits per heavy atom. The van der Waals surface area contributed by atoms with Crippen molar-refractivity contribution in [1.29, 1.82) is 0 Å². The number of carboxylic acids is 1. The number of aliphatic carboxylic acids is 1. The third-order valence-corrected chi connectivity index (χ3v) is 5.93. The number of piperazine rings is 1. The van der Waals surface area contributed by atoms with E-state index < -0.39 is 51.9 Å². The van der Waals surface area contributed by atoms with Crippen LogP contribution in [0.4, 0.5) is 15.8 Å². The van der Waals surface area contributed by atoms with Gasteiger partial charge in [-0.25, -0.2) is 4.39 Å². The molecule has 13 heteroatoms. The van der Waals surface area contributed by atoms with Crippen molar-refractivity contribution in [3.63, 3.8) is 0 Å². The van der Waals surface area contributed by atoms with E-state index in [2.05, 4.69) is 4.90 Å². The van der Waals surface area contributed by atoms with Crippen molar-refractivity contribution in [3.05, 3.63) is 73.6 Å². The maximum Gasteiger partial charge on any atom is 0.318 e. The Balaban J connectivity index is 1.72. The number of hydrogen-bond donors (Lipinski definition) is 1. The number of nitro benzene ring substituents is 2. The minimum atomic E-state index is -1.32. The molecule has 0 saturated carbocycles. The van der Waals surface area contributed by atoms with Crippen LogP contribution < -0.4 is 4.74 Å². The minimum Gasteiger partial charge on any atom is -0.481 e. The molecule has 1 aliphatic rings. The number of rotatable bonds is 9. The van der Waals surface area contributed by atoms with E-state index in [1.165, 1.54) is 12.1 Å². The highest BCUT2D eigenvalue weighted by molar-refractivity contribution is 5.79. The number of amides is 1. The molecule has 1 amide bonds. The van der Waals surface area contributed by atoms with Gasteiger partial charge in [0.15, 0.2) is 6.61 Å². The lowest BCUT2D eigenvalue weighted by atomic mass is 10.1. The molecule has 36 heavy (non-hydrogen) atoms. The molecule has 0 spiro atoms. The van der Waals surface area contributed by atoms with Crippen LogP contribution in [-0.2, 0) is 22.6 Å². The van der Waals surface area contributed by atoms with Crippen LogP contribution in [0.2, 0.25) is 0 Å². The summed E-state index contributed by atoms with van der Waals surface area (Å²) in [4.78, 5) is 48.8. The largest absolute Gasteiger partial charge is 0.481 e. The number of nitrogens with zero attached hydrogens (tertiary/aromatic N) is 4. The van der Waals surface area contributed by atoms with Gasteiger partial charge in [0, 0.05) is 43.9 Å². The fourth-order valence-electron chi connectivity index (χ4n) is 4.16. The van der Waals surface area contributed by atoms with Gasteiger partial charge < -0.3 is 14.7 Å². The molecule has 0 unspecified atom stereocenters. The van der Waals surface area contributed by atoms with Crippen molar-refractivity contribution in [1.82, 2.24) is 9.80 Å². The molecule has 12 nitrogen and oxygen atoms in total. The van der Waals surface area contributed by atoms with E-state index in [0.29, 0.717) is 19.6 Å². The number of carbonyl (C=O) groups is 2. The molecule has 192 valence electrons. The Morgan fingerprint density at radius 2 is 1.61 bits per heavy atom. The average Bonchev–Trinajstić information content (AvgIpc) is 2.80. The molecule has 2 aromatic carbocycles. The molecule has 2 atom stereocenters. The summed E-state index contributed by atoms with van der Waals surface area (Å²) in [7, 11) is 0. The molecule has 1 N–H and O–H groups in total. The zero-order chi connectivity index (χ0) is 26.6. The summed E-state index contributed by atoms with van der Waals surface area (Å²) in [6.45, 7) is 4.47. The van der Waals surface area contributed by atoms with E-state index in [1.54, 1.807) is 17.0 Å². The maximum absolute atomic E-state index is 13.2. The Labute approximate surface area is 205 Å². The molecule has 0 radical (unpaired) electrons. The molecule has 3 rings (SSSR count). The predicted octanol–water partition coefficient (Wildman–Crippen LogP) is 2.77. The lowest BCUT2D eigenvalue weighted by Crippen LogP contribution is -2.58. The van der Waals surface area contributed by atoms with Gasteiger partial charge in [-0.1, -0.05) is 12.1 Å². The van der Waals surface area contributed by atoms with Crippen LogP contribution in [0.5, 0.6) is 5.75 Å². The van der Waals surface area contributed by atoms with Gasteiger partial charge in [-0.2, -0.15) is 0 Å². The van der Waals surface area contributed by atoms with Crippen LogP contribution in [-0.4, -0.2) is 68.4 Å².